The molecule has 0 atom stereocenters. The highest BCUT2D eigenvalue weighted by Gasteiger charge is 2.38. The fraction of sp³-hybridized carbons (Fsp3) is 0.333. The van der Waals surface area contributed by atoms with E-state index >= 15 is 0 Å². The monoisotopic (exact) mass is 492 g/mol. The second-order valence-corrected chi connectivity index (χ2v) is 8.53. The van der Waals surface area contributed by atoms with Crippen LogP contribution in [-0.2, 0) is 0 Å². The number of hydrogen-bond acceptors (Lipinski definition) is 4. The van der Waals surface area contributed by atoms with Gasteiger partial charge in [-0.15, -0.1) is 0 Å². The molecule has 6 nitrogen and oxygen atoms in total. The highest BCUT2D eigenvalue weighted by atomic mass is 35.5. The molecule has 0 fully saturated rings. The first kappa shape index (κ1) is 25.4. The van der Waals surface area contributed by atoms with Gasteiger partial charge in [0, 0.05) is 53.0 Å². The van der Waals surface area contributed by atoms with Crippen LogP contribution in [0.1, 0.15) is 44.0 Å². The van der Waals surface area contributed by atoms with Crippen LogP contribution >= 0.6 is 11.6 Å². The lowest BCUT2D eigenvalue weighted by atomic mass is 9.92. The Morgan fingerprint density at radius 2 is 2.06 bits per heavy atom. The average molecular weight is 493 g/mol. The van der Waals surface area contributed by atoms with Crippen LogP contribution in [0.15, 0.2) is 52.8 Å². The van der Waals surface area contributed by atoms with Gasteiger partial charge < -0.3 is 21.1 Å². The van der Waals surface area contributed by atoms with Crippen LogP contribution in [0.25, 0.3) is 11.3 Å². The summed E-state index contributed by atoms with van der Waals surface area (Å²) in [5.74, 6) is 0. The van der Waals surface area contributed by atoms with E-state index in [1.807, 2.05) is 19.9 Å². The first-order valence-corrected chi connectivity index (χ1v) is 11.3. The van der Waals surface area contributed by atoms with Crippen LogP contribution < -0.4 is 10.6 Å². The minimum Gasteiger partial charge on any atom is -0.383 e. The molecule has 0 unspecified atom stereocenters. The number of aromatic nitrogens is 2. The molecule has 0 aliphatic carbocycles. The first-order valence-electron chi connectivity index (χ1n) is 10.9. The molecule has 2 aromatic rings. The summed E-state index contributed by atoms with van der Waals surface area (Å²) < 4.78 is 41.8. The molecule has 1 aromatic carbocycles. The molecule has 1 aliphatic rings. The van der Waals surface area contributed by atoms with E-state index in [0.29, 0.717) is 50.8 Å². The average Bonchev–Trinajstić information content (AvgIpc) is 3.12. The van der Waals surface area contributed by atoms with Crippen LogP contribution in [0.4, 0.5) is 13.2 Å². The molecule has 2 heterocycles. The van der Waals surface area contributed by atoms with Gasteiger partial charge >= 0.3 is 6.18 Å². The van der Waals surface area contributed by atoms with Gasteiger partial charge in [0.05, 0.1) is 23.0 Å². The maximum Gasteiger partial charge on any atom is 0.431 e. The maximum absolute atomic E-state index is 13.9. The standard InChI is InChI=1S/C24H28ClF3N6/c1-5-9-30-23(24(26,27)28)17(10-29)18-11-31-22(20(18)19-12-32-34-19)16-8-6-7-15(21(16)25)14(4)33-13(2)3/h6-8,10,12-13,29-30,32-34H,4-5,9,11H2,1-3H3/b23-17+,29-10?. The normalized spacial score (nSPS) is 14.9. The molecular weight excluding hydrogens is 465 g/mol. The van der Waals surface area contributed by atoms with Crippen LogP contribution in [0.2, 0.25) is 5.02 Å². The van der Waals surface area contributed by atoms with Gasteiger partial charge in [0.1, 0.15) is 5.70 Å². The van der Waals surface area contributed by atoms with Crippen molar-refractivity contribution in [2.24, 2.45) is 4.99 Å². The number of benzene rings is 1. The van der Waals surface area contributed by atoms with Crippen LogP contribution in [0.3, 0.4) is 0 Å². The summed E-state index contributed by atoms with van der Waals surface area (Å²) in [6.45, 7) is 9.91. The predicted octanol–water partition coefficient (Wildman–Crippen LogP) is 5.69. The molecule has 0 saturated heterocycles. The molecule has 0 spiro atoms. The lowest BCUT2D eigenvalue weighted by Gasteiger charge is -2.20. The number of halogens is 4. The largest absolute Gasteiger partial charge is 0.431 e. The molecule has 0 saturated carbocycles. The van der Waals surface area contributed by atoms with Crippen molar-refractivity contribution in [2.75, 3.05) is 13.1 Å². The van der Waals surface area contributed by atoms with Crippen LogP contribution in [-0.4, -0.2) is 47.4 Å². The zero-order valence-electron chi connectivity index (χ0n) is 19.3. The summed E-state index contributed by atoms with van der Waals surface area (Å²) in [4.78, 5) is 4.57. The molecule has 10 heteroatoms. The highest BCUT2D eigenvalue weighted by Crippen LogP contribution is 2.38. The molecule has 0 bridgehead atoms. The van der Waals surface area contributed by atoms with Gasteiger partial charge in [-0.3, -0.25) is 10.1 Å². The quantitative estimate of drug-likeness (QED) is 0.276. The third-order valence-corrected chi connectivity index (χ3v) is 5.65. The van der Waals surface area contributed by atoms with Crippen molar-refractivity contribution in [2.45, 2.75) is 39.4 Å². The number of rotatable bonds is 10. The van der Waals surface area contributed by atoms with Gasteiger partial charge in [-0.25, -0.2) is 0 Å². The van der Waals surface area contributed by atoms with Crippen LogP contribution in [0, 0.1) is 5.41 Å². The van der Waals surface area contributed by atoms with Crippen LogP contribution in [0.5, 0.6) is 0 Å². The van der Waals surface area contributed by atoms with Crippen molar-refractivity contribution in [3.8, 4) is 0 Å². The highest BCUT2D eigenvalue weighted by molar-refractivity contribution is 6.42. The van der Waals surface area contributed by atoms with Gasteiger partial charge in [0.2, 0.25) is 0 Å². The third kappa shape index (κ3) is 5.14. The Hall–Kier alpha value is -3.20. The van der Waals surface area contributed by atoms with Crippen molar-refractivity contribution in [3.05, 3.63) is 69.7 Å². The Balaban J connectivity index is 2.18. The van der Waals surface area contributed by atoms with E-state index in [1.54, 1.807) is 25.3 Å². The number of aromatic amines is 2. The van der Waals surface area contributed by atoms with E-state index in [-0.39, 0.29) is 24.7 Å². The molecule has 5 N–H and O–H groups in total. The Kier molecular flexibility index (Phi) is 7.76. The first-order chi connectivity index (χ1) is 16.1. The Morgan fingerprint density at radius 3 is 2.59 bits per heavy atom. The zero-order chi connectivity index (χ0) is 25.0. The predicted molar refractivity (Wildman–Crippen MR) is 132 cm³/mol. The second kappa shape index (κ2) is 10.4. The number of hydrogen-bond donors (Lipinski definition) is 5. The van der Waals surface area contributed by atoms with Gasteiger partial charge in [-0.05, 0) is 25.8 Å². The topological polar surface area (TPSA) is 91.8 Å². The summed E-state index contributed by atoms with van der Waals surface area (Å²) >= 11 is 6.75. The minimum atomic E-state index is -4.65. The van der Waals surface area contributed by atoms with Gasteiger partial charge in [0.25, 0.3) is 0 Å². The van der Waals surface area contributed by atoms with Gasteiger partial charge in [-0.2, -0.15) is 13.2 Å². The SMILES string of the molecule is C=C(NC(C)C)c1cccc(C2=NCC(/C(C=N)=C(/NCCC)C(F)(F)F)=C2c2c[nH][nH]2)c1Cl. The van der Waals surface area contributed by atoms with Crippen molar-refractivity contribution < 1.29 is 13.2 Å². The van der Waals surface area contributed by atoms with Gasteiger partial charge in [-0.1, -0.05) is 43.3 Å². The third-order valence-electron chi connectivity index (χ3n) is 5.24. The van der Waals surface area contributed by atoms with E-state index < -0.39 is 11.9 Å². The Morgan fingerprint density at radius 1 is 1.35 bits per heavy atom. The lowest BCUT2D eigenvalue weighted by molar-refractivity contribution is -0.0970. The van der Waals surface area contributed by atoms with E-state index in [1.165, 1.54) is 0 Å². The van der Waals surface area contributed by atoms with E-state index in [4.69, 9.17) is 17.0 Å². The molecule has 0 amide bonds. The number of allylic oxidation sites excluding steroid dienone is 2. The van der Waals surface area contributed by atoms with Crippen molar-refractivity contribution in [1.29, 1.82) is 5.41 Å². The van der Waals surface area contributed by atoms with E-state index in [9.17, 15) is 13.2 Å². The Labute approximate surface area is 201 Å². The number of aliphatic imine (C=N–C) groups is 1. The van der Waals surface area contributed by atoms with Gasteiger partial charge in [0.15, 0.2) is 0 Å². The smallest absolute Gasteiger partial charge is 0.383 e. The zero-order valence-corrected chi connectivity index (χ0v) is 20.0. The van der Waals surface area contributed by atoms with E-state index in [0.717, 1.165) is 6.21 Å². The number of alkyl halides is 3. The lowest BCUT2D eigenvalue weighted by Crippen LogP contribution is -2.30. The fourth-order valence-corrected chi connectivity index (χ4v) is 4.08. The fourth-order valence-electron chi connectivity index (χ4n) is 3.75. The van der Waals surface area contributed by atoms with E-state index in [2.05, 4.69) is 32.4 Å². The molecule has 3 rings (SSSR count). The molecule has 182 valence electrons. The summed E-state index contributed by atoms with van der Waals surface area (Å²) in [5, 5.41) is 19.6. The number of H-pyrrole nitrogens is 2. The molecule has 1 aromatic heterocycles. The number of nitrogens with one attached hydrogen (secondary N) is 5. The molecule has 0 radical (unpaired) electrons. The molecule has 34 heavy (non-hydrogen) atoms. The van der Waals surface area contributed by atoms with Crippen molar-refractivity contribution >= 4 is 34.8 Å². The summed E-state index contributed by atoms with van der Waals surface area (Å²) in [7, 11) is 0. The summed E-state index contributed by atoms with van der Waals surface area (Å²) in [5.41, 5.74) is 2.49. The number of nitrogens with zero attached hydrogens (tertiary/aromatic N) is 1. The molecule has 1 aliphatic heterocycles. The summed E-state index contributed by atoms with van der Waals surface area (Å²) in [6, 6.07) is 5.55. The molecular formula is C24H28ClF3N6. The van der Waals surface area contributed by atoms with Crippen molar-refractivity contribution in [1.82, 2.24) is 20.8 Å². The Bertz CT molecular complexity index is 1150. The maximum atomic E-state index is 13.9. The second-order valence-electron chi connectivity index (χ2n) is 8.15. The van der Waals surface area contributed by atoms with Crippen molar-refractivity contribution in [3.63, 3.8) is 0 Å². The summed E-state index contributed by atoms with van der Waals surface area (Å²) in [6.07, 6.45) is -1.77. The minimum absolute atomic E-state index is 0.0203.